The molecule has 13 heavy (non-hydrogen) atoms. The summed E-state index contributed by atoms with van der Waals surface area (Å²) < 4.78 is 15.6. The van der Waals surface area contributed by atoms with Crippen LogP contribution in [0.15, 0.2) is 35.2 Å². The van der Waals surface area contributed by atoms with Gasteiger partial charge in [0.1, 0.15) is 0 Å². The summed E-state index contributed by atoms with van der Waals surface area (Å²) in [6.07, 6.45) is 0. The maximum absolute atomic E-state index is 11.1. The van der Waals surface area contributed by atoms with E-state index < -0.39 is 17.0 Å². The molecule has 65 valence electrons. The average Bonchev–Trinajstić information content (AvgIpc) is 2.05. The number of carbonyl (C=O) groups is 1. The molecule has 0 heterocycles. The molecule has 1 radical (unpaired) electrons. The minimum atomic E-state index is -1.66. The number of benzene rings is 1. The fourth-order valence-electron chi connectivity index (χ4n) is 0.686. The fourth-order valence-corrected chi connectivity index (χ4v) is 1.38. The van der Waals surface area contributed by atoms with Crippen LogP contribution in [0.5, 0.6) is 0 Å². The topological polar surface area (TPSA) is 43.4 Å². The Bertz CT molecular complexity index is 300. The molecule has 0 bridgehead atoms. The molecule has 0 aromatic heterocycles. The average molecular weight is 207 g/mol. The van der Waals surface area contributed by atoms with Crippen molar-refractivity contribution >= 4 is 46.6 Å². The zero-order chi connectivity index (χ0) is 8.97. The van der Waals surface area contributed by atoms with Crippen LogP contribution in [0.1, 0.15) is 6.92 Å². The van der Waals surface area contributed by atoms with E-state index in [0.29, 0.717) is 4.90 Å². The standard InChI is InChI=1S/C8H8O3S.Na/c1-7(9)11-12(10)8-5-3-2-4-6-8;/h2-6H,1H3;. The Kier molecular flexibility index (Phi) is 6.24. The Morgan fingerprint density at radius 2 is 1.85 bits per heavy atom. The molecular formula is C8H8NaO3S. The zero-order valence-corrected chi connectivity index (χ0v) is 10.3. The first-order valence-electron chi connectivity index (χ1n) is 3.36. The van der Waals surface area contributed by atoms with Gasteiger partial charge in [-0.25, -0.2) is 4.21 Å². The number of rotatable bonds is 2. The van der Waals surface area contributed by atoms with Crippen LogP contribution in [0.4, 0.5) is 0 Å². The molecule has 0 saturated heterocycles. The van der Waals surface area contributed by atoms with Gasteiger partial charge in [-0.3, -0.25) is 4.79 Å². The fraction of sp³-hybridized carbons (Fsp3) is 0.125. The van der Waals surface area contributed by atoms with E-state index in [1.807, 2.05) is 0 Å². The minimum Gasteiger partial charge on any atom is -0.361 e. The summed E-state index contributed by atoms with van der Waals surface area (Å²) in [5, 5.41) is 0. The summed E-state index contributed by atoms with van der Waals surface area (Å²) in [7, 11) is 0. The van der Waals surface area contributed by atoms with Crippen molar-refractivity contribution in [1.29, 1.82) is 0 Å². The molecule has 0 spiro atoms. The van der Waals surface area contributed by atoms with Gasteiger partial charge >= 0.3 is 5.97 Å². The second-order valence-electron chi connectivity index (χ2n) is 2.12. The molecule has 1 atom stereocenters. The Balaban J connectivity index is 0.00000144. The van der Waals surface area contributed by atoms with Crippen molar-refractivity contribution in [3.63, 3.8) is 0 Å². The van der Waals surface area contributed by atoms with E-state index in [1.54, 1.807) is 30.3 Å². The molecule has 0 aliphatic heterocycles. The summed E-state index contributed by atoms with van der Waals surface area (Å²) in [6.45, 7) is 1.22. The largest absolute Gasteiger partial charge is 0.361 e. The first-order valence-corrected chi connectivity index (χ1v) is 4.43. The van der Waals surface area contributed by atoms with Crippen LogP contribution in [0.25, 0.3) is 0 Å². The maximum Gasteiger partial charge on any atom is 0.317 e. The third kappa shape index (κ3) is 4.57. The molecule has 0 aliphatic rings. The second kappa shape index (κ2) is 6.32. The molecule has 1 unspecified atom stereocenters. The summed E-state index contributed by atoms with van der Waals surface area (Å²) in [5.74, 6) is -0.544. The molecule has 5 heteroatoms. The smallest absolute Gasteiger partial charge is 0.317 e. The number of hydrogen-bond donors (Lipinski definition) is 0. The first kappa shape index (κ1) is 12.8. The molecule has 0 aliphatic carbocycles. The molecule has 1 aromatic carbocycles. The van der Waals surface area contributed by atoms with Crippen molar-refractivity contribution in [2.45, 2.75) is 11.8 Å². The van der Waals surface area contributed by atoms with Gasteiger partial charge in [0.25, 0.3) is 0 Å². The van der Waals surface area contributed by atoms with Gasteiger partial charge in [0.15, 0.2) is 0 Å². The van der Waals surface area contributed by atoms with E-state index in [9.17, 15) is 9.00 Å². The molecule has 0 saturated carbocycles. The van der Waals surface area contributed by atoms with Crippen LogP contribution < -0.4 is 0 Å². The Labute approximate surface area is 101 Å². The molecule has 0 amide bonds. The zero-order valence-electron chi connectivity index (χ0n) is 7.52. The Morgan fingerprint density at radius 3 is 2.31 bits per heavy atom. The predicted molar refractivity (Wildman–Crippen MR) is 50.4 cm³/mol. The summed E-state index contributed by atoms with van der Waals surface area (Å²) >= 11 is -1.66. The van der Waals surface area contributed by atoms with Crippen LogP contribution in [0.3, 0.4) is 0 Å². The van der Waals surface area contributed by atoms with Gasteiger partial charge in [-0.15, -0.1) is 0 Å². The normalized spacial score (nSPS) is 11.2. The molecule has 1 aromatic rings. The molecule has 1 rings (SSSR count). The van der Waals surface area contributed by atoms with Gasteiger partial charge in [0, 0.05) is 36.5 Å². The van der Waals surface area contributed by atoms with Crippen molar-refractivity contribution in [2.24, 2.45) is 0 Å². The monoisotopic (exact) mass is 207 g/mol. The van der Waals surface area contributed by atoms with Gasteiger partial charge in [0.05, 0.1) is 4.90 Å². The Hall–Kier alpha value is -0.160. The van der Waals surface area contributed by atoms with Gasteiger partial charge in [-0.1, -0.05) is 18.2 Å². The van der Waals surface area contributed by atoms with Crippen LogP contribution >= 0.6 is 0 Å². The van der Waals surface area contributed by atoms with Gasteiger partial charge in [0.2, 0.25) is 11.1 Å². The quantitative estimate of drug-likeness (QED) is 0.676. The van der Waals surface area contributed by atoms with Crippen molar-refractivity contribution in [3.05, 3.63) is 30.3 Å². The van der Waals surface area contributed by atoms with Crippen LogP contribution in [0.2, 0.25) is 0 Å². The predicted octanol–water partition coefficient (Wildman–Crippen LogP) is 0.891. The third-order valence-corrected chi connectivity index (χ3v) is 2.17. The molecular weight excluding hydrogens is 199 g/mol. The minimum absolute atomic E-state index is 0. The van der Waals surface area contributed by atoms with Crippen molar-refractivity contribution in [3.8, 4) is 0 Å². The van der Waals surface area contributed by atoms with E-state index >= 15 is 0 Å². The van der Waals surface area contributed by atoms with Crippen molar-refractivity contribution in [1.82, 2.24) is 0 Å². The van der Waals surface area contributed by atoms with Gasteiger partial charge < -0.3 is 4.18 Å². The van der Waals surface area contributed by atoms with Crippen LogP contribution in [-0.4, -0.2) is 39.7 Å². The second-order valence-corrected chi connectivity index (χ2v) is 3.23. The van der Waals surface area contributed by atoms with Crippen molar-refractivity contribution in [2.75, 3.05) is 0 Å². The summed E-state index contributed by atoms with van der Waals surface area (Å²) in [4.78, 5) is 10.9. The first-order chi connectivity index (χ1) is 5.70. The van der Waals surface area contributed by atoms with Gasteiger partial charge in [-0.05, 0) is 12.1 Å². The van der Waals surface area contributed by atoms with Crippen LogP contribution in [0, 0.1) is 0 Å². The van der Waals surface area contributed by atoms with Gasteiger partial charge in [-0.2, -0.15) is 0 Å². The number of carbonyl (C=O) groups excluding carboxylic acids is 1. The molecule has 3 nitrogen and oxygen atoms in total. The van der Waals surface area contributed by atoms with E-state index in [-0.39, 0.29) is 29.6 Å². The summed E-state index contributed by atoms with van der Waals surface area (Å²) in [6, 6.07) is 8.54. The van der Waals surface area contributed by atoms with E-state index in [0.717, 1.165) is 0 Å². The number of hydrogen-bond acceptors (Lipinski definition) is 3. The van der Waals surface area contributed by atoms with E-state index in [2.05, 4.69) is 4.18 Å². The SMILES string of the molecule is CC(=O)OS(=O)c1ccccc1.[Na]. The maximum atomic E-state index is 11.1. The Morgan fingerprint density at radius 1 is 1.31 bits per heavy atom. The molecule has 0 N–H and O–H groups in total. The molecule has 0 fully saturated rings. The van der Waals surface area contributed by atoms with Crippen molar-refractivity contribution < 1.29 is 13.2 Å². The third-order valence-electron chi connectivity index (χ3n) is 1.13. The van der Waals surface area contributed by atoms with E-state index in [1.165, 1.54) is 6.92 Å². The van der Waals surface area contributed by atoms with Crippen LogP contribution in [-0.2, 0) is 20.1 Å². The summed E-state index contributed by atoms with van der Waals surface area (Å²) in [5.41, 5.74) is 0. The van der Waals surface area contributed by atoms with E-state index in [4.69, 9.17) is 0 Å².